The average Bonchev–Trinajstić information content (AvgIpc) is 2.18. The van der Waals surface area contributed by atoms with Gasteiger partial charge in [-0.05, 0) is 41.5 Å². The van der Waals surface area contributed by atoms with Crippen molar-refractivity contribution in [3.05, 3.63) is 12.2 Å². The van der Waals surface area contributed by atoms with Crippen LogP contribution in [-0.2, 0) is 19.0 Å². The molecule has 110 valence electrons. The summed E-state index contributed by atoms with van der Waals surface area (Å²) in [6.45, 7) is 16.0. The van der Waals surface area contributed by atoms with E-state index in [9.17, 15) is 4.79 Å². The van der Waals surface area contributed by atoms with E-state index in [1.165, 1.54) is 0 Å². The maximum absolute atomic E-state index is 12.0. The van der Waals surface area contributed by atoms with Gasteiger partial charge in [-0.15, -0.1) is 0 Å². The number of hydrogen-bond acceptors (Lipinski definition) is 4. The van der Waals surface area contributed by atoms with E-state index in [1.807, 2.05) is 41.5 Å². The lowest BCUT2D eigenvalue weighted by Gasteiger charge is -2.43. The van der Waals surface area contributed by atoms with Crippen LogP contribution in [0.15, 0.2) is 12.2 Å². The second-order valence-electron chi connectivity index (χ2n) is 6.80. The third kappa shape index (κ3) is 4.62. The van der Waals surface area contributed by atoms with Crippen molar-refractivity contribution in [2.75, 3.05) is 13.2 Å². The first-order valence-corrected chi connectivity index (χ1v) is 6.62. The van der Waals surface area contributed by atoms with Gasteiger partial charge in [0.05, 0.1) is 19.6 Å². The van der Waals surface area contributed by atoms with Crippen LogP contribution < -0.4 is 0 Å². The zero-order valence-electron chi connectivity index (χ0n) is 13.0. The quantitative estimate of drug-likeness (QED) is 0.584. The highest BCUT2D eigenvalue weighted by Gasteiger charge is 2.43. The zero-order chi connectivity index (χ0) is 14.9. The first-order chi connectivity index (χ1) is 8.46. The highest BCUT2D eigenvalue weighted by atomic mass is 16.7. The Morgan fingerprint density at radius 3 is 2.11 bits per heavy atom. The van der Waals surface area contributed by atoms with E-state index in [1.54, 1.807) is 0 Å². The number of rotatable bonds is 3. The molecular weight excluding hydrogens is 244 g/mol. The van der Waals surface area contributed by atoms with Crippen molar-refractivity contribution in [2.45, 2.75) is 59.4 Å². The number of carbonyl (C=O) groups is 1. The van der Waals surface area contributed by atoms with Gasteiger partial charge in [0.25, 0.3) is 0 Å². The van der Waals surface area contributed by atoms with Gasteiger partial charge < -0.3 is 14.2 Å². The van der Waals surface area contributed by atoms with Gasteiger partial charge in [0.1, 0.15) is 5.60 Å². The topological polar surface area (TPSA) is 44.8 Å². The maximum Gasteiger partial charge on any atom is 0.307 e. The number of carbonyl (C=O) groups excluding carboxylic acids is 1. The van der Waals surface area contributed by atoms with E-state index in [-0.39, 0.29) is 12.4 Å². The molecule has 0 bridgehead atoms. The Labute approximate surface area is 116 Å². The summed E-state index contributed by atoms with van der Waals surface area (Å²) in [5.74, 6) is -0.852. The molecule has 0 aliphatic carbocycles. The van der Waals surface area contributed by atoms with Crippen molar-refractivity contribution < 1.29 is 19.0 Å². The van der Waals surface area contributed by atoms with Crippen LogP contribution in [0.3, 0.4) is 0 Å². The molecule has 0 aromatic rings. The molecule has 1 aliphatic rings. The smallest absolute Gasteiger partial charge is 0.307 e. The van der Waals surface area contributed by atoms with Gasteiger partial charge in [-0.3, -0.25) is 4.79 Å². The van der Waals surface area contributed by atoms with Crippen LogP contribution in [0.1, 0.15) is 48.0 Å². The van der Waals surface area contributed by atoms with Gasteiger partial charge in [-0.25, -0.2) is 0 Å². The number of ether oxygens (including phenoxy) is 3. The zero-order valence-corrected chi connectivity index (χ0v) is 13.0. The lowest BCUT2D eigenvalue weighted by Crippen LogP contribution is -2.48. The summed E-state index contributed by atoms with van der Waals surface area (Å²) in [4.78, 5) is 12.0. The van der Waals surface area contributed by atoms with Gasteiger partial charge in [-0.2, -0.15) is 0 Å². The Bertz CT molecular complexity index is 353. The first kappa shape index (κ1) is 16.2. The molecule has 1 fully saturated rings. The Balaban J connectivity index is 2.75. The largest absolute Gasteiger partial charge is 0.460 e. The van der Waals surface area contributed by atoms with Crippen LogP contribution >= 0.6 is 0 Å². The average molecular weight is 270 g/mol. The Morgan fingerprint density at radius 1 is 1.26 bits per heavy atom. The van der Waals surface area contributed by atoms with Crippen molar-refractivity contribution in [3.63, 3.8) is 0 Å². The molecule has 4 heteroatoms. The van der Waals surface area contributed by atoms with E-state index >= 15 is 0 Å². The van der Waals surface area contributed by atoms with Crippen LogP contribution in [0, 0.1) is 5.41 Å². The molecular formula is C15H26O4. The summed E-state index contributed by atoms with van der Waals surface area (Å²) in [5.41, 5.74) is -0.0882. The standard InChI is InChI=1S/C15H26O4/c1-11(2)15(8-12(16)19-13(3,4)5)9-17-14(6,7)18-10-15/h1,8-10H2,2-7H3. The lowest BCUT2D eigenvalue weighted by molar-refractivity contribution is -0.279. The van der Waals surface area contributed by atoms with Gasteiger partial charge in [0, 0.05) is 5.41 Å². The Morgan fingerprint density at radius 2 is 1.74 bits per heavy atom. The summed E-state index contributed by atoms with van der Waals surface area (Å²) >= 11 is 0. The van der Waals surface area contributed by atoms with Gasteiger partial charge in [-0.1, -0.05) is 12.2 Å². The molecule has 0 saturated carbocycles. The minimum absolute atomic E-state index is 0.232. The van der Waals surface area contributed by atoms with Crippen molar-refractivity contribution >= 4 is 5.97 Å². The molecule has 0 aromatic heterocycles. The normalized spacial score (nSPS) is 21.8. The molecule has 4 nitrogen and oxygen atoms in total. The lowest BCUT2D eigenvalue weighted by atomic mass is 9.79. The van der Waals surface area contributed by atoms with Crippen LogP contribution in [-0.4, -0.2) is 30.6 Å². The predicted molar refractivity (Wildman–Crippen MR) is 73.7 cm³/mol. The molecule has 1 aliphatic heterocycles. The second kappa shape index (κ2) is 5.25. The highest BCUT2D eigenvalue weighted by Crippen LogP contribution is 2.38. The van der Waals surface area contributed by atoms with E-state index in [2.05, 4.69) is 6.58 Å². The fraction of sp³-hybridized carbons (Fsp3) is 0.800. The third-order valence-corrected chi connectivity index (χ3v) is 3.20. The van der Waals surface area contributed by atoms with E-state index in [0.29, 0.717) is 13.2 Å². The Hall–Kier alpha value is -0.870. The van der Waals surface area contributed by atoms with E-state index in [0.717, 1.165) is 5.57 Å². The van der Waals surface area contributed by atoms with Crippen LogP contribution in [0.25, 0.3) is 0 Å². The van der Waals surface area contributed by atoms with E-state index < -0.39 is 16.8 Å². The SMILES string of the molecule is C=C(C)C1(CC(=O)OC(C)(C)C)COC(C)(C)OC1. The van der Waals surface area contributed by atoms with E-state index in [4.69, 9.17) is 14.2 Å². The summed E-state index contributed by atoms with van der Waals surface area (Å²) in [5, 5.41) is 0. The summed E-state index contributed by atoms with van der Waals surface area (Å²) in [6.07, 6.45) is 0.232. The maximum atomic E-state index is 12.0. The minimum Gasteiger partial charge on any atom is -0.460 e. The van der Waals surface area contributed by atoms with Gasteiger partial charge >= 0.3 is 5.97 Å². The first-order valence-electron chi connectivity index (χ1n) is 6.62. The van der Waals surface area contributed by atoms with Crippen molar-refractivity contribution in [1.29, 1.82) is 0 Å². The summed E-state index contributed by atoms with van der Waals surface area (Å²) in [7, 11) is 0. The molecule has 0 spiro atoms. The molecule has 19 heavy (non-hydrogen) atoms. The van der Waals surface area contributed by atoms with Crippen molar-refractivity contribution in [3.8, 4) is 0 Å². The predicted octanol–water partition coefficient (Wildman–Crippen LogP) is 3.06. The third-order valence-electron chi connectivity index (χ3n) is 3.20. The molecule has 0 amide bonds. The highest BCUT2D eigenvalue weighted by molar-refractivity contribution is 5.71. The van der Waals surface area contributed by atoms with Crippen LogP contribution in [0.2, 0.25) is 0 Å². The summed E-state index contributed by atoms with van der Waals surface area (Å²) < 4.78 is 16.7. The molecule has 1 saturated heterocycles. The molecule has 0 radical (unpaired) electrons. The Kier molecular flexibility index (Phi) is 4.47. The second-order valence-corrected chi connectivity index (χ2v) is 6.80. The van der Waals surface area contributed by atoms with Gasteiger partial charge in [0.2, 0.25) is 0 Å². The minimum atomic E-state index is -0.604. The van der Waals surface area contributed by atoms with Crippen molar-refractivity contribution in [1.82, 2.24) is 0 Å². The summed E-state index contributed by atoms with van der Waals surface area (Å²) in [6, 6.07) is 0. The fourth-order valence-electron chi connectivity index (χ4n) is 1.86. The molecule has 0 unspecified atom stereocenters. The van der Waals surface area contributed by atoms with Crippen LogP contribution in [0.4, 0.5) is 0 Å². The molecule has 1 rings (SSSR count). The molecule has 0 aromatic carbocycles. The number of esters is 1. The van der Waals surface area contributed by atoms with Crippen molar-refractivity contribution in [2.24, 2.45) is 5.41 Å². The monoisotopic (exact) mass is 270 g/mol. The number of hydrogen-bond donors (Lipinski definition) is 0. The molecule has 0 N–H and O–H groups in total. The fourth-order valence-corrected chi connectivity index (χ4v) is 1.86. The van der Waals surface area contributed by atoms with Crippen LogP contribution in [0.5, 0.6) is 0 Å². The van der Waals surface area contributed by atoms with Gasteiger partial charge in [0.15, 0.2) is 5.79 Å². The molecule has 0 atom stereocenters. The molecule has 1 heterocycles.